The predicted octanol–water partition coefficient (Wildman–Crippen LogP) is -0.134. The second-order valence-electron chi connectivity index (χ2n) is 4.17. The van der Waals surface area contributed by atoms with Crippen molar-refractivity contribution in [2.45, 2.75) is 26.4 Å². The van der Waals surface area contributed by atoms with Gasteiger partial charge in [0.05, 0.1) is 6.54 Å². The lowest BCUT2D eigenvalue weighted by Gasteiger charge is -2.30. The SMILES string of the molecule is CC(C)N1CCn2nc(C(=O)NO)cc2C1=O. The first kappa shape index (κ1) is 11.6. The average Bonchev–Trinajstić information content (AvgIpc) is 2.72. The van der Waals surface area contributed by atoms with E-state index in [0.717, 1.165) is 0 Å². The van der Waals surface area contributed by atoms with Crippen LogP contribution in [-0.2, 0) is 6.54 Å². The Bertz CT molecular complexity index is 466. The fourth-order valence-electron chi connectivity index (χ4n) is 1.87. The Labute approximate surface area is 98.0 Å². The van der Waals surface area contributed by atoms with Crippen LogP contribution in [0.5, 0.6) is 0 Å². The lowest BCUT2D eigenvalue weighted by atomic mass is 10.2. The van der Waals surface area contributed by atoms with E-state index in [0.29, 0.717) is 18.8 Å². The second-order valence-corrected chi connectivity index (χ2v) is 4.17. The topological polar surface area (TPSA) is 87.5 Å². The highest BCUT2D eigenvalue weighted by Gasteiger charge is 2.28. The van der Waals surface area contributed by atoms with E-state index in [4.69, 9.17) is 5.21 Å². The smallest absolute Gasteiger partial charge is 0.295 e. The number of rotatable bonds is 2. The number of hydrogen-bond donors (Lipinski definition) is 2. The minimum atomic E-state index is -0.712. The van der Waals surface area contributed by atoms with Crippen molar-refractivity contribution in [1.29, 1.82) is 0 Å². The molecule has 2 amide bonds. The molecule has 1 aromatic heterocycles. The third kappa shape index (κ3) is 1.89. The van der Waals surface area contributed by atoms with E-state index in [9.17, 15) is 9.59 Å². The Balaban J connectivity index is 2.34. The molecule has 0 saturated heterocycles. The van der Waals surface area contributed by atoms with Gasteiger partial charge in [-0.25, -0.2) is 5.48 Å². The molecule has 17 heavy (non-hydrogen) atoms. The number of hydroxylamine groups is 1. The van der Waals surface area contributed by atoms with Gasteiger partial charge in [-0.1, -0.05) is 0 Å². The van der Waals surface area contributed by atoms with E-state index in [1.54, 1.807) is 4.90 Å². The molecule has 0 aromatic carbocycles. The van der Waals surface area contributed by atoms with Gasteiger partial charge in [-0.15, -0.1) is 0 Å². The van der Waals surface area contributed by atoms with Crippen LogP contribution in [0.1, 0.15) is 34.8 Å². The van der Waals surface area contributed by atoms with Crippen molar-refractivity contribution in [3.05, 3.63) is 17.5 Å². The van der Waals surface area contributed by atoms with Crippen molar-refractivity contribution < 1.29 is 14.8 Å². The molecule has 2 heterocycles. The molecule has 7 nitrogen and oxygen atoms in total. The number of carbonyl (C=O) groups excluding carboxylic acids is 2. The summed E-state index contributed by atoms with van der Waals surface area (Å²) in [5.74, 6) is -0.855. The molecule has 2 rings (SSSR count). The Hall–Kier alpha value is -1.89. The van der Waals surface area contributed by atoms with E-state index < -0.39 is 5.91 Å². The highest BCUT2D eigenvalue weighted by atomic mass is 16.5. The molecule has 0 aliphatic carbocycles. The molecule has 1 aliphatic heterocycles. The zero-order chi connectivity index (χ0) is 12.6. The quantitative estimate of drug-likeness (QED) is 0.555. The summed E-state index contributed by atoms with van der Waals surface area (Å²) < 4.78 is 1.49. The van der Waals surface area contributed by atoms with Crippen molar-refractivity contribution in [2.75, 3.05) is 6.54 Å². The van der Waals surface area contributed by atoms with Gasteiger partial charge in [0, 0.05) is 18.7 Å². The normalized spacial score (nSPS) is 15.1. The van der Waals surface area contributed by atoms with Gasteiger partial charge in [-0.3, -0.25) is 19.5 Å². The summed E-state index contributed by atoms with van der Waals surface area (Å²) in [6.45, 7) is 5.00. The minimum absolute atomic E-state index is 0.0430. The summed E-state index contributed by atoms with van der Waals surface area (Å²) in [5, 5.41) is 12.5. The first-order chi connectivity index (χ1) is 8.04. The molecule has 1 aromatic rings. The summed E-state index contributed by atoms with van der Waals surface area (Å²) in [4.78, 5) is 25.0. The molecule has 0 bridgehead atoms. The molecule has 0 atom stereocenters. The van der Waals surface area contributed by atoms with Crippen LogP contribution in [-0.4, -0.2) is 44.3 Å². The van der Waals surface area contributed by atoms with Crippen LogP contribution in [0, 0.1) is 0 Å². The molecule has 0 radical (unpaired) electrons. The largest absolute Gasteiger partial charge is 0.333 e. The maximum Gasteiger partial charge on any atom is 0.295 e. The minimum Gasteiger partial charge on any atom is -0.333 e. The van der Waals surface area contributed by atoms with Gasteiger partial charge in [0.15, 0.2) is 5.69 Å². The van der Waals surface area contributed by atoms with Gasteiger partial charge in [0.1, 0.15) is 5.69 Å². The third-order valence-corrected chi connectivity index (χ3v) is 2.77. The summed E-state index contributed by atoms with van der Waals surface area (Å²) >= 11 is 0. The molecular weight excluding hydrogens is 224 g/mol. The Morgan fingerprint density at radius 1 is 1.53 bits per heavy atom. The summed E-state index contributed by atoms with van der Waals surface area (Å²) in [6.07, 6.45) is 0. The van der Waals surface area contributed by atoms with Crippen molar-refractivity contribution >= 4 is 11.8 Å². The van der Waals surface area contributed by atoms with Crippen molar-refractivity contribution in [2.24, 2.45) is 0 Å². The number of hydrogen-bond acceptors (Lipinski definition) is 4. The van der Waals surface area contributed by atoms with Crippen molar-refractivity contribution in [3.63, 3.8) is 0 Å². The fraction of sp³-hybridized carbons (Fsp3) is 0.500. The van der Waals surface area contributed by atoms with E-state index >= 15 is 0 Å². The molecule has 0 spiro atoms. The number of nitrogens with one attached hydrogen (secondary N) is 1. The molecule has 0 saturated carbocycles. The van der Waals surface area contributed by atoms with Gasteiger partial charge in [-0.2, -0.15) is 5.10 Å². The van der Waals surface area contributed by atoms with Crippen LogP contribution >= 0.6 is 0 Å². The van der Waals surface area contributed by atoms with Crippen LogP contribution < -0.4 is 5.48 Å². The summed E-state index contributed by atoms with van der Waals surface area (Å²) in [7, 11) is 0. The molecule has 7 heteroatoms. The fourth-order valence-corrected chi connectivity index (χ4v) is 1.87. The highest BCUT2D eigenvalue weighted by molar-refractivity contribution is 5.98. The van der Waals surface area contributed by atoms with Gasteiger partial charge in [0.25, 0.3) is 11.8 Å². The van der Waals surface area contributed by atoms with E-state index in [1.165, 1.54) is 16.2 Å². The first-order valence-corrected chi connectivity index (χ1v) is 5.38. The summed E-state index contributed by atoms with van der Waals surface area (Å²) in [5.41, 5.74) is 1.92. The van der Waals surface area contributed by atoms with Gasteiger partial charge >= 0.3 is 0 Å². The Morgan fingerprint density at radius 2 is 2.24 bits per heavy atom. The zero-order valence-electron chi connectivity index (χ0n) is 9.67. The molecule has 0 fully saturated rings. The van der Waals surface area contributed by atoms with Crippen LogP contribution in [0.25, 0.3) is 0 Å². The maximum atomic E-state index is 12.1. The maximum absolute atomic E-state index is 12.1. The highest BCUT2D eigenvalue weighted by Crippen LogP contribution is 2.15. The van der Waals surface area contributed by atoms with Crippen molar-refractivity contribution in [1.82, 2.24) is 20.2 Å². The Kier molecular flexibility index (Phi) is 2.84. The molecule has 1 aliphatic rings. The van der Waals surface area contributed by atoms with Crippen LogP contribution in [0.3, 0.4) is 0 Å². The second kappa shape index (κ2) is 4.17. The molecular formula is C10H14N4O3. The lowest BCUT2D eigenvalue weighted by molar-refractivity contribution is 0.0639. The lowest BCUT2D eigenvalue weighted by Crippen LogP contribution is -2.44. The number of fused-ring (bicyclic) bond motifs is 1. The van der Waals surface area contributed by atoms with E-state index in [2.05, 4.69) is 5.10 Å². The van der Waals surface area contributed by atoms with Crippen LogP contribution in [0.15, 0.2) is 6.07 Å². The van der Waals surface area contributed by atoms with Gasteiger partial charge < -0.3 is 4.90 Å². The average molecular weight is 238 g/mol. The number of aromatic nitrogens is 2. The van der Waals surface area contributed by atoms with E-state index in [1.807, 2.05) is 13.8 Å². The van der Waals surface area contributed by atoms with Gasteiger partial charge in [-0.05, 0) is 13.8 Å². The van der Waals surface area contributed by atoms with Gasteiger partial charge in [0.2, 0.25) is 0 Å². The molecule has 92 valence electrons. The van der Waals surface area contributed by atoms with Crippen LogP contribution in [0.4, 0.5) is 0 Å². The van der Waals surface area contributed by atoms with Crippen molar-refractivity contribution in [3.8, 4) is 0 Å². The number of nitrogens with zero attached hydrogens (tertiary/aromatic N) is 3. The third-order valence-electron chi connectivity index (χ3n) is 2.77. The first-order valence-electron chi connectivity index (χ1n) is 5.38. The number of carbonyl (C=O) groups is 2. The monoisotopic (exact) mass is 238 g/mol. The zero-order valence-corrected chi connectivity index (χ0v) is 9.67. The van der Waals surface area contributed by atoms with E-state index in [-0.39, 0.29) is 17.6 Å². The number of amides is 2. The Morgan fingerprint density at radius 3 is 2.82 bits per heavy atom. The molecule has 0 unspecified atom stereocenters. The predicted molar refractivity (Wildman–Crippen MR) is 57.7 cm³/mol. The summed E-state index contributed by atoms with van der Waals surface area (Å²) in [6, 6.07) is 1.50. The van der Waals surface area contributed by atoms with Crippen LogP contribution in [0.2, 0.25) is 0 Å². The standard InChI is InChI=1S/C10H14N4O3/c1-6(2)13-3-4-14-8(10(13)16)5-7(11-14)9(15)12-17/h5-6,17H,3-4H2,1-2H3,(H,12,15). The molecule has 2 N–H and O–H groups in total.